The lowest BCUT2D eigenvalue weighted by molar-refractivity contribution is -0.883. The molecule has 0 saturated heterocycles. The molecule has 0 aliphatic heterocycles. The molecule has 1 rings (SSSR count). The number of nitrogens with zero attached hydrogens (tertiary/aromatic N) is 1. The van der Waals surface area contributed by atoms with Gasteiger partial charge in [0.25, 0.3) is 0 Å². The smallest absolute Gasteiger partial charge is 0.361 e. The fourth-order valence-electron chi connectivity index (χ4n) is 2.30. The van der Waals surface area contributed by atoms with Crippen LogP contribution in [0.15, 0.2) is 36.9 Å². The van der Waals surface area contributed by atoms with Gasteiger partial charge in [0.15, 0.2) is 12.3 Å². The number of Topliss-reactive ketones (excluding diaryl/α,β-unsaturated/α-hetero) is 1. The van der Waals surface area contributed by atoms with Gasteiger partial charge in [0, 0.05) is 11.6 Å². The molecule has 0 spiro atoms. The molecule has 29 heavy (non-hydrogen) atoms. The van der Waals surface area contributed by atoms with Gasteiger partial charge in [0.1, 0.15) is 37.7 Å². The predicted molar refractivity (Wildman–Crippen MR) is 107 cm³/mol. The van der Waals surface area contributed by atoms with Crippen molar-refractivity contribution < 1.29 is 38.2 Å². The van der Waals surface area contributed by atoms with Crippen molar-refractivity contribution in [1.82, 2.24) is 0 Å². The number of hydrogen-bond donors (Lipinski definition) is 1. The summed E-state index contributed by atoms with van der Waals surface area (Å²) in [5, 5.41) is 9.74. The number of esters is 2. The Kier molecular flexibility index (Phi) is 9.00. The zero-order valence-corrected chi connectivity index (χ0v) is 17.5. The van der Waals surface area contributed by atoms with Crippen molar-refractivity contribution in [2.24, 2.45) is 0 Å². The molecule has 1 aromatic carbocycles. The molecule has 0 unspecified atom stereocenters. The summed E-state index contributed by atoms with van der Waals surface area (Å²) in [6.45, 7) is 7.19. The van der Waals surface area contributed by atoms with E-state index in [2.05, 4.69) is 6.58 Å². The van der Waals surface area contributed by atoms with Gasteiger partial charge >= 0.3 is 11.9 Å². The van der Waals surface area contributed by atoms with Crippen LogP contribution < -0.4 is 4.74 Å². The minimum absolute atomic E-state index is 0.0780. The molecule has 0 aliphatic carbocycles. The molecule has 0 aliphatic rings. The fourth-order valence-corrected chi connectivity index (χ4v) is 2.30. The first-order valence-electron chi connectivity index (χ1n) is 9.21. The van der Waals surface area contributed by atoms with E-state index >= 15 is 0 Å². The van der Waals surface area contributed by atoms with Crippen LogP contribution in [0, 0.1) is 0 Å². The highest BCUT2D eigenvalue weighted by atomic mass is 16.6. The first kappa shape index (κ1) is 24.3. The average molecular weight is 408 g/mol. The maximum atomic E-state index is 12.0. The van der Waals surface area contributed by atoms with Gasteiger partial charge in [0.2, 0.25) is 0 Å². The van der Waals surface area contributed by atoms with Crippen molar-refractivity contribution in [3.63, 3.8) is 0 Å². The van der Waals surface area contributed by atoms with E-state index in [0.717, 1.165) is 6.08 Å². The number of carbonyl (C=O) groups excluding carboxylic acids is 3. The number of quaternary nitrogens is 1. The van der Waals surface area contributed by atoms with E-state index in [1.165, 1.54) is 13.8 Å². The molecule has 0 saturated carbocycles. The van der Waals surface area contributed by atoms with Crippen LogP contribution in [-0.2, 0) is 19.1 Å². The summed E-state index contributed by atoms with van der Waals surface area (Å²) >= 11 is 0. The quantitative estimate of drug-likeness (QED) is 0.183. The number of ether oxygens (including phenoxy) is 3. The van der Waals surface area contributed by atoms with Crippen molar-refractivity contribution in [1.29, 1.82) is 0 Å². The third-order valence-electron chi connectivity index (χ3n) is 3.95. The molecule has 8 nitrogen and oxygen atoms in total. The van der Waals surface area contributed by atoms with E-state index in [9.17, 15) is 19.5 Å². The van der Waals surface area contributed by atoms with Crippen LogP contribution in [0.2, 0.25) is 0 Å². The van der Waals surface area contributed by atoms with Crippen molar-refractivity contribution in [2.45, 2.75) is 19.4 Å². The number of ketones is 1. The zero-order chi connectivity index (χ0) is 22.1. The second-order valence-electron chi connectivity index (χ2n) is 7.67. The van der Waals surface area contributed by atoms with Gasteiger partial charge in [-0.2, -0.15) is 0 Å². The predicted octanol–water partition coefficient (Wildman–Crippen LogP) is 1.37. The van der Waals surface area contributed by atoms with Gasteiger partial charge in [-0.1, -0.05) is 6.58 Å². The van der Waals surface area contributed by atoms with Crippen molar-refractivity contribution in [2.75, 3.05) is 47.0 Å². The molecule has 8 heteroatoms. The van der Waals surface area contributed by atoms with Crippen molar-refractivity contribution in [3.05, 3.63) is 42.5 Å². The Bertz CT molecular complexity index is 718. The van der Waals surface area contributed by atoms with Gasteiger partial charge in [0.05, 0.1) is 14.1 Å². The molecule has 0 fully saturated rings. The Hall–Kier alpha value is -2.71. The largest absolute Gasteiger partial charge is 0.490 e. The maximum absolute atomic E-state index is 12.0. The number of carbonyl (C=O) groups is 3. The Morgan fingerprint density at radius 2 is 1.69 bits per heavy atom. The fraction of sp³-hybridized carbons (Fsp3) is 0.476. The molecule has 1 aromatic rings. The molecule has 1 N–H and O–H groups in total. The van der Waals surface area contributed by atoms with Gasteiger partial charge in [-0.25, -0.2) is 9.59 Å². The van der Waals surface area contributed by atoms with Gasteiger partial charge < -0.3 is 23.8 Å². The number of benzene rings is 1. The van der Waals surface area contributed by atoms with Gasteiger partial charge in [-0.3, -0.25) is 4.79 Å². The number of aliphatic hydroxyl groups is 1. The van der Waals surface area contributed by atoms with Crippen LogP contribution in [0.25, 0.3) is 0 Å². The molecule has 0 atom stereocenters. The van der Waals surface area contributed by atoms with Crippen LogP contribution in [0.4, 0.5) is 0 Å². The summed E-state index contributed by atoms with van der Waals surface area (Å²) in [6, 6.07) is 6.37. The maximum Gasteiger partial charge on any atom is 0.361 e. The zero-order valence-electron chi connectivity index (χ0n) is 17.5. The lowest BCUT2D eigenvalue weighted by atomic mass is 9.97. The minimum atomic E-state index is -1.43. The summed E-state index contributed by atoms with van der Waals surface area (Å²) in [5.74, 6) is -0.742. The van der Waals surface area contributed by atoms with E-state index in [-0.39, 0.29) is 38.1 Å². The average Bonchev–Trinajstić information content (AvgIpc) is 2.63. The molecule has 0 bridgehead atoms. The van der Waals surface area contributed by atoms with Crippen LogP contribution >= 0.6 is 0 Å². The second-order valence-corrected chi connectivity index (χ2v) is 7.67. The summed E-state index contributed by atoms with van der Waals surface area (Å²) in [4.78, 5) is 34.9. The van der Waals surface area contributed by atoms with Crippen LogP contribution in [0.5, 0.6) is 5.75 Å². The van der Waals surface area contributed by atoms with Crippen molar-refractivity contribution in [3.8, 4) is 5.75 Å². The number of hydrogen-bond acceptors (Lipinski definition) is 7. The Labute approximate surface area is 171 Å². The first-order valence-corrected chi connectivity index (χ1v) is 9.21. The van der Waals surface area contributed by atoms with E-state index in [4.69, 9.17) is 14.2 Å². The highest BCUT2D eigenvalue weighted by Gasteiger charge is 2.25. The summed E-state index contributed by atoms with van der Waals surface area (Å²) < 4.78 is 15.9. The van der Waals surface area contributed by atoms with E-state index in [1.54, 1.807) is 24.3 Å². The van der Waals surface area contributed by atoms with Crippen LogP contribution in [-0.4, -0.2) is 79.9 Å². The van der Waals surface area contributed by atoms with Gasteiger partial charge in [-0.15, -0.1) is 0 Å². The molecule has 0 aromatic heterocycles. The lowest BCUT2D eigenvalue weighted by Crippen LogP contribution is -2.46. The summed E-state index contributed by atoms with van der Waals surface area (Å²) in [7, 11) is 3.66. The third kappa shape index (κ3) is 9.36. The van der Waals surface area contributed by atoms with E-state index in [1.807, 2.05) is 14.1 Å². The number of rotatable bonds is 12. The lowest BCUT2D eigenvalue weighted by Gasteiger charge is -2.28. The molecule has 0 amide bonds. The molecule has 160 valence electrons. The second kappa shape index (κ2) is 10.7. The Morgan fingerprint density at radius 1 is 1.07 bits per heavy atom. The summed E-state index contributed by atoms with van der Waals surface area (Å²) in [5.41, 5.74) is -1.05. The Morgan fingerprint density at radius 3 is 2.24 bits per heavy atom. The molecule has 0 radical (unpaired) electrons. The van der Waals surface area contributed by atoms with Crippen molar-refractivity contribution >= 4 is 17.7 Å². The standard InChI is InChI=1S/C21H30NO7/c1-6-18(23)28-12-11-22(4,5)15-19(24)29-14-13-27-17-9-7-16(8-10-17)20(25)21(2,3)26/h6-10,26H,1,11-15H2,2-5H3/q+1. The SMILES string of the molecule is C=CC(=O)OCC[N+](C)(C)CC(=O)OCCOc1ccc(C(=O)C(C)(C)O)cc1. The molecular weight excluding hydrogens is 378 g/mol. The van der Waals surface area contributed by atoms with E-state index < -0.39 is 11.6 Å². The minimum Gasteiger partial charge on any atom is -0.490 e. The topological polar surface area (TPSA) is 99.1 Å². The monoisotopic (exact) mass is 408 g/mol. The number of likely N-dealkylation sites (N-methyl/N-ethyl adjacent to an activating group) is 1. The Balaban J connectivity index is 2.33. The van der Waals surface area contributed by atoms with E-state index in [0.29, 0.717) is 22.3 Å². The highest BCUT2D eigenvalue weighted by Crippen LogP contribution is 2.17. The van der Waals surface area contributed by atoms with Crippen LogP contribution in [0.3, 0.4) is 0 Å². The van der Waals surface area contributed by atoms with Gasteiger partial charge in [-0.05, 0) is 38.1 Å². The third-order valence-corrected chi connectivity index (χ3v) is 3.95. The summed E-state index contributed by atoms with van der Waals surface area (Å²) in [6.07, 6.45) is 1.09. The highest BCUT2D eigenvalue weighted by molar-refractivity contribution is 6.01. The molecule has 0 heterocycles. The first-order chi connectivity index (χ1) is 13.4. The molecular formula is C21H30NO7+. The van der Waals surface area contributed by atoms with Crippen LogP contribution in [0.1, 0.15) is 24.2 Å². The normalized spacial score (nSPS) is 11.5.